The number of sulfone groups is 2. The number of benzene rings is 6. The van der Waals surface area contributed by atoms with Crippen LogP contribution in [-0.4, -0.2) is 255 Å². The lowest BCUT2D eigenvalue weighted by Crippen LogP contribution is -2.49. The molecule has 0 aliphatic carbocycles. The fourth-order valence-electron chi connectivity index (χ4n) is 17.0. The quantitative estimate of drug-likeness (QED) is 0.0653. The van der Waals surface area contributed by atoms with Crippen LogP contribution in [0.25, 0.3) is 43.6 Å². The highest BCUT2D eigenvalue weighted by molar-refractivity contribution is 7.91. The van der Waals surface area contributed by atoms with Gasteiger partial charge in [0.15, 0.2) is 19.6 Å². The number of aromatic nitrogens is 4. The molecule has 12 aromatic rings. The van der Waals surface area contributed by atoms with Gasteiger partial charge in [-0.15, -0.1) is 22.7 Å². The lowest BCUT2D eigenvalue weighted by Gasteiger charge is -2.37. The third-order valence-corrected chi connectivity index (χ3v) is 29.0. The Bertz CT molecular complexity index is 6770. The number of aryl methyl sites for hydroxylation is 6. The first-order valence-corrected chi connectivity index (χ1v) is 49.4. The molecular weight excluding hydrogens is 1790 g/mol. The monoisotopic (exact) mass is 1900 g/mol. The van der Waals surface area contributed by atoms with Gasteiger partial charge >= 0.3 is 11.9 Å². The second-order valence-corrected chi connectivity index (χ2v) is 39.7. The molecule has 4 aliphatic rings. The molecule has 0 spiro atoms. The summed E-state index contributed by atoms with van der Waals surface area (Å²) in [4.78, 5) is 138. The van der Waals surface area contributed by atoms with Crippen LogP contribution in [0.1, 0.15) is 87.4 Å². The van der Waals surface area contributed by atoms with Gasteiger partial charge in [0, 0.05) is 172 Å². The Morgan fingerprint density at radius 1 is 0.427 bits per heavy atom. The van der Waals surface area contributed by atoms with Gasteiger partial charge in [-0.25, -0.2) is 26.4 Å². The second-order valence-electron chi connectivity index (χ2n) is 33.2. The predicted molar refractivity (Wildman–Crippen MR) is 522 cm³/mol. The Balaban J connectivity index is 0.000000151. The highest BCUT2D eigenvalue weighted by atomic mass is 35.5. The third-order valence-electron chi connectivity index (χ3n) is 23.7. The molecule has 10 heterocycles. The minimum Gasteiger partial charge on any atom is -0.462 e. The number of piperazine rings is 4. The fraction of sp³-hybridized carbons (Fsp3) is 0.365. The molecule has 6 aromatic carbocycles. The highest BCUT2D eigenvalue weighted by Gasteiger charge is 2.37. The molecule has 0 bridgehead atoms. The summed E-state index contributed by atoms with van der Waals surface area (Å²) < 4.78 is 69.1. The van der Waals surface area contributed by atoms with Crippen molar-refractivity contribution in [2.24, 2.45) is 14.1 Å². The molecule has 29 nitrogen and oxygen atoms in total. The second kappa shape index (κ2) is 42.4. The zero-order valence-electron chi connectivity index (χ0n) is 75.7. The van der Waals surface area contributed by atoms with E-state index in [0.29, 0.717) is 165 Å². The average molecular weight is 1900 g/mol. The maximum absolute atomic E-state index is 13.9. The number of nitrogens with zero attached hydrogens (tertiary/aromatic N) is 13. The maximum atomic E-state index is 13.9. The Morgan fingerprint density at radius 2 is 0.840 bits per heavy atom. The van der Waals surface area contributed by atoms with Gasteiger partial charge in [-0.3, -0.25) is 33.6 Å². The number of fused-ring (bicyclic) bond motifs is 4. The number of hydrogen-bond donors (Lipinski definition) is 1. The van der Waals surface area contributed by atoms with E-state index >= 15 is 0 Å². The number of halogens is 2. The Kier molecular flexibility index (Phi) is 31.4. The van der Waals surface area contributed by atoms with Crippen molar-refractivity contribution >= 4 is 162 Å². The number of amides is 3. The minimum absolute atomic E-state index is 0.0186. The van der Waals surface area contributed by atoms with Crippen molar-refractivity contribution in [3.05, 3.63) is 257 Å². The van der Waals surface area contributed by atoms with Gasteiger partial charge in [0.1, 0.15) is 11.1 Å². The van der Waals surface area contributed by atoms with Gasteiger partial charge in [0.25, 0.3) is 40.0 Å². The number of pyridine rings is 4. The number of carbonyl (C=O) groups is 5. The lowest BCUT2D eigenvalue weighted by molar-refractivity contribution is 0.0514. The maximum Gasteiger partial charge on any atom is 0.345 e. The number of para-hydroxylation sites is 2. The Morgan fingerprint density at radius 3 is 1.27 bits per heavy atom. The van der Waals surface area contributed by atoms with Crippen molar-refractivity contribution < 1.29 is 50.3 Å². The first kappa shape index (κ1) is 97.0. The van der Waals surface area contributed by atoms with Gasteiger partial charge in [-0.05, 0) is 165 Å². The minimum atomic E-state index is -4.10. The zero-order valence-corrected chi connectivity index (χ0v) is 80.5. The summed E-state index contributed by atoms with van der Waals surface area (Å²) in [6.07, 6.45) is 1.86. The van der Waals surface area contributed by atoms with Gasteiger partial charge in [-0.1, -0.05) is 113 Å². The fourth-order valence-corrected chi connectivity index (χ4v) is 21.3. The molecule has 3 amide bonds. The molecule has 16 rings (SSSR count). The van der Waals surface area contributed by atoms with Gasteiger partial charge in [0.2, 0.25) is 9.84 Å². The SMILES string of the molecule is CCOC(=O)c1c(N2CCN(C(=O)c3ccc(Cl)c(Cl)c3)CC2)c2cc(C)ccc2n(CCCN(C)C)c1=O.CCOC(=O)c1c(N2CCN(C(=O)c3cccs3)CC2)c2cc(C)ccc2n(CCN(C)C)c1=O.Cc1ccc(S(=O)(=O)c2c(N3CCN(C(=O)c4cccs4)CC3)c3ccccc3n(C)c2=O)cc1.Cn1c(=O)c(S(C)(=O)=O)c(N2CCNCC2)c2ccccc21. The number of hydrogen-bond acceptors (Lipinski definition) is 24. The van der Waals surface area contributed by atoms with Crippen molar-refractivity contribution in [1.29, 1.82) is 0 Å². The van der Waals surface area contributed by atoms with E-state index in [1.807, 2.05) is 187 Å². The number of likely N-dealkylation sites (N-methyl/N-ethyl adjacent to an activating group) is 1. The van der Waals surface area contributed by atoms with Gasteiger partial charge < -0.3 is 77.2 Å². The van der Waals surface area contributed by atoms with Crippen molar-refractivity contribution in [2.45, 2.75) is 68.8 Å². The first-order valence-electron chi connectivity index (χ1n) is 43.5. The normalized spacial score (nSPS) is 14.5. The van der Waals surface area contributed by atoms with Crippen LogP contribution in [0.4, 0.5) is 22.7 Å². The Hall–Kier alpha value is -11.5. The van der Waals surface area contributed by atoms with E-state index in [1.165, 1.54) is 31.8 Å². The van der Waals surface area contributed by atoms with Crippen LogP contribution < -0.4 is 47.2 Å². The van der Waals surface area contributed by atoms with Crippen molar-refractivity contribution in [2.75, 3.05) is 185 Å². The molecule has 1 N–H and O–H groups in total. The van der Waals surface area contributed by atoms with Crippen LogP contribution in [0, 0.1) is 20.8 Å². The number of anilines is 4. The summed E-state index contributed by atoms with van der Waals surface area (Å²) in [5.74, 6) is -1.38. The summed E-state index contributed by atoms with van der Waals surface area (Å²) >= 11 is 15.0. The van der Waals surface area contributed by atoms with E-state index in [2.05, 4.69) is 15.1 Å². The van der Waals surface area contributed by atoms with Crippen LogP contribution in [0.2, 0.25) is 10.0 Å². The molecule has 4 saturated heterocycles. The molecule has 6 aromatic heterocycles. The van der Waals surface area contributed by atoms with Crippen LogP contribution >= 0.6 is 45.9 Å². The molecule has 0 unspecified atom stereocenters. The smallest absolute Gasteiger partial charge is 0.345 e. The van der Waals surface area contributed by atoms with E-state index in [9.17, 15) is 60.0 Å². The van der Waals surface area contributed by atoms with E-state index < -0.39 is 42.7 Å². The zero-order chi connectivity index (χ0) is 94.0. The van der Waals surface area contributed by atoms with E-state index in [4.69, 9.17) is 32.7 Å². The van der Waals surface area contributed by atoms with E-state index in [0.717, 1.165) is 86.6 Å². The lowest BCUT2D eigenvalue weighted by atomic mass is 10.0. The third kappa shape index (κ3) is 21.3. The molecule has 0 atom stereocenters. The van der Waals surface area contributed by atoms with Crippen molar-refractivity contribution in [3.63, 3.8) is 0 Å². The van der Waals surface area contributed by atoms with Crippen molar-refractivity contribution in [3.8, 4) is 0 Å². The van der Waals surface area contributed by atoms with Crippen molar-refractivity contribution in [1.82, 2.24) is 48.1 Å². The van der Waals surface area contributed by atoms with Gasteiger partial charge in [-0.2, -0.15) is 0 Å². The summed E-state index contributed by atoms with van der Waals surface area (Å²) in [7, 11) is 3.37. The predicted octanol–water partition coefficient (Wildman–Crippen LogP) is 11.8. The molecule has 131 heavy (non-hydrogen) atoms. The molecule has 4 aliphatic heterocycles. The molecule has 35 heteroatoms. The molecule has 4 fully saturated rings. The van der Waals surface area contributed by atoms with Gasteiger partial charge in [0.05, 0.1) is 82.7 Å². The van der Waals surface area contributed by atoms with Crippen LogP contribution in [-0.2, 0) is 56.3 Å². The molecular formula is C96H110Cl2N14O15S4. The summed E-state index contributed by atoms with van der Waals surface area (Å²) in [5, 5.41) is 10.9. The molecule has 0 radical (unpaired) electrons. The summed E-state index contributed by atoms with van der Waals surface area (Å²) in [5.41, 5.74) is 6.97. The number of nitrogens with one attached hydrogen (secondary N) is 1. The molecule has 0 saturated carbocycles. The highest BCUT2D eigenvalue weighted by Crippen LogP contribution is 2.39. The largest absolute Gasteiger partial charge is 0.462 e. The summed E-state index contributed by atoms with van der Waals surface area (Å²) in [6.45, 7) is 20.5. The summed E-state index contributed by atoms with van der Waals surface area (Å²) in [6, 6.07) is 45.4. The number of thiophene rings is 2. The van der Waals surface area contributed by atoms with E-state index in [-0.39, 0.29) is 67.9 Å². The first-order chi connectivity index (χ1) is 62.6. The van der Waals surface area contributed by atoms with E-state index in [1.54, 1.807) is 95.4 Å². The average Bonchev–Trinajstić information content (AvgIpc) is 0.781. The standard InChI is InChI=1S/C29H34Cl2N4O4.C26H32N4O4S.C26H25N3O4S2.C15H19N3O3S/c1-5-39-29(38)25-26(21-17-19(2)7-10-24(21)35(28(25)37)12-6-11-32(3)4)33-13-15-34(16-14-33)27(36)20-8-9-22(30)23(31)18-20;1-5-34-26(33)22-23(28-11-13-29(14-12-28)24(31)21-7-6-16-35-21)19-17-18(2)8-9-20(19)30(25(22)32)15-10-27(3)4;1-18-9-11-19(12-10-18)35(32,33)24-23(20-6-3-4-7-21(20)27(2)26(24)31)28-13-15-29(16-14-28)25(30)22-8-5-17-34-22;1-17-12-6-4-3-5-11(12)13(18-9-7-16-8-10-18)14(15(17)19)22(2,20)21/h7-10,17-18H,5-6,11-16H2,1-4H3;6-9,16-17H,5,10-15H2,1-4H3;3-12,17H,13-16H2,1-2H3;3-6,16H,7-10H2,1-2H3. The number of rotatable bonds is 21. The van der Waals surface area contributed by atoms with Crippen LogP contribution in [0.15, 0.2) is 196 Å². The molecule has 692 valence electrons. The van der Waals surface area contributed by atoms with Crippen LogP contribution in [0.3, 0.4) is 0 Å². The number of carbonyl (C=O) groups excluding carboxylic acids is 5. The number of ether oxygens (including phenoxy) is 2. The van der Waals surface area contributed by atoms with Crippen LogP contribution in [0.5, 0.6) is 0 Å². The number of esters is 2. The Labute approximate surface area is 779 Å². The topological polar surface area (TPSA) is 301 Å².